The third-order valence-corrected chi connectivity index (χ3v) is 1.26. The smallest absolute Gasteiger partial charge is 0.252 e. The average Bonchev–Trinajstić information content (AvgIpc) is 2.30. The van der Waals surface area contributed by atoms with E-state index in [2.05, 4.69) is 4.98 Å². The van der Waals surface area contributed by atoms with Gasteiger partial charge in [-0.25, -0.2) is 0 Å². The van der Waals surface area contributed by atoms with Gasteiger partial charge in [0.05, 0.1) is 11.3 Å². The van der Waals surface area contributed by atoms with Crippen molar-refractivity contribution in [2.75, 3.05) is 5.73 Å². The molecule has 5 N–H and O–H groups in total. The summed E-state index contributed by atoms with van der Waals surface area (Å²) in [6.07, 6.45) is 0.558. The summed E-state index contributed by atoms with van der Waals surface area (Å²) in [5.41, 5.74) is 10.6. The van der Waals surface area contributed by atoms with Gasteiger partial charge in [0.25, 0.3) is 5.91 Å². The van der Waals surface area contributed by atoms with Crippen LogP contribution in [0.15, 0.2) is 6.07 Å². The van der Waals surface area contributed by atoms with Crippen molar-refractivity contribution < 1.29 is 9.59 Å². The number of nitrogens with two attached hydrogens (primary N) is 2. The largest absolute Gasteiger partial charge is 0.385 e. The maximum atomic E-state index is 10.6. The highest BCUT2D eigenvalue weighted by molar-refractivity contribution is 5.99. The fraction of sp³-hybridized carbons (Fsp3) is 0. The van der Waals surface area contributed by atoms with Gasteiger partial charge in [-0.2, -0.15) is 0 Å². The number of hydrogen-bond donors (Lipinski definition) is 3. The Morgan fingerprint density at radius 3 is 2.55 bits per heavy atom. The lowest BCUT2D eigenvalue weighted by Crippen LogP contribution is -2.11. The Labute approximate surface area is 62.4 Å². The Balaban J connectivity index is 3.16. The van der Waals surface area contributed by atoms with Crippen molar-refractivity contribution in [1.29, 1.82) is 0 Å². The molecule has 0 aliphatic heterocycles. The first-order valence-electron chi connectivity index (χ1n) is 2.88. The quantitative estimate of drug-likeness (QED) is 0.499. The maximum Gasteiger partial charge on any atom is 0.252 e. The molecule has 0 saturated carbocycles. The number of carbonyl (C=O) groups is 2. The van der Waals surface area contributed by atoms with Crippen LogP contribution in [0.4, 0.5) is 5.82 Å². The topological polar surface area (TPSA) is 102 Å². The van der Waals surface area contributed by atoms with E-state index in [9.17, 15) is 9.59 Å². The molecular weight excluding hydrogens is 146 g/mol. The number of aromatic nitrogens is 1. The average molecular weight is 153 g/mol. The summed E-state index contributed by atoms with van der Waals surface area (Å²) >= 11 is 0. The molecule has 0 atom stereocenters. The second-order valence-electron chi connectivity index (χ2n) is 2.03. The van der Waals surface area contributed by atoms with Crippen molar-refractivity contribution >= 4 is 18.0 Å². The standard InChI is InChI=1S/C6H7N3O2/c7-5-4(6(8)11)1-3(2-10)9-5/h1-2,9H,7H2,(H2,8,11). The third kappa shape index (κ3) is 1.21. The summed E-state index contributed by atoms with van der Waals surface area (Å²) < 4.78 is 0. The lowest BCUT2D eigenvalue weighted by molar-refractivity contribution is 0.100. The Bertz CT molecular complexity index is 303. The van der Waals surface area contributed by atoms with Gasteiger partial charge in [-0.1, -0.05) is 0 Å². The first kappa shape index (κ1) is 7.33. The van der Waals surface area contributed by atoms with E-state index in [1.807, 2.05) is 0 Å². The first-order chi connectivity index (χ1) is 5.15. The number of H-pyrrole nitrogens is 1. The van der Waals surface area contributed by atoms with Crippen LogP contribution in [0, 0.1) is 0 Å². The highest BCUT2D eigenvalue weighted by Gasteiger charge is 2.08. The van der Waals surface area contributed by atoms with E-state index in [4.69, 9.17) is 11.5 Å². The SMILES string of the molecule is NC(=O)c1cc(C=O)[nH]c1N. The number of primary amides is 1. The molecule has 0 saturated heterocycles. The second kappa shape index (κ2) is 2.45. The molecule has 58 valence electrons. The van der Waals surface area contributed by atoms with Gasteiger partial charge < -0.3 is 16.5 Å². The number of nitrogens with one attached hydrogen (secondary N) is 1. The van der Waals surface area contributed by atoms with Gasteiger partial charge in [0.2, 0.25) is 0 Å². The number of hydrogen-bond acceptors (Lipinski definition) is 3. The predicted molar refractivity (Wildman–Crippen MR) is 39.1 cm³/mol. The van der Waals surface area contributed by atoms with Crippen LogP contribution in [-0.2, 0) is 0 Å². The lowest BCUT2D eigenvalue weighted by atomic mass is 10.3. The Morgan fingerprint density at radius 1 is 1.64 bits per heavy atom. The summed E-state index contributed by atoms with van der Waals surface area (Å²) in [7, 11) is 0. The van der Waals surface area contributed by atoms with E-state index < -0.39 is 5.91 Å². The van der Waals surface area contributed by atoms with Crippen molar-refractivity contribution in [2.24, 2.45) is 5.73 Å². The zero-order valence-electron chi connectivity index (χ0n) is 5.63. The highest BCUT2D eigenvalue weighted by atomic mass is 16.1. The van der Waals surface area contributed by atoms with Crippen LogP contribution in [0.1, 0.15) is 20.8 Å². The van der Waals surface area contributed by atoms with Gasteiger partial charge >= 0.3 is 0 Å². The molecule has 5 heteroatoms. The molecule has 11 heavy (non-hydrogen) atoms. The third-order valence-electron chi connectivity index (χ3n) is 1.26. The number of aromatic amines is 1. The molecule has 0 fully saturated rings. The number of amides is 1. The molecule has 1 aromatic rings. The molecule has 0 unspecified atom stereocenters. The molecule has 0 aliphatic rings. The van der Waals surface area contributed by atoms with Crippen LogP contribution in [-0.4, -0.2) is 17.2 Å². The summed E-state index contributed by atoms with van der Waals surface area (Å²) in [5.74, 6) is -0.522. The molecule has 1 aromatic heterocycles. The zero-order chi connectivity index (χ0) is 8.43. The number of anilines is 1. The minimum absolute atomic E-state index is 0.125. The molecule has 0 aromatic carbocycles. The van der Waals surface area contributed by atoms with E-state index in [0.717, 1.165) is 0 Å². The first-order valence-corrected chi connectivity index (χ1v) is 2.88. The van der Waals surface area contributed by atoms with Crippen LogP contribution in [0.5, 0.6) is 0 Å². The fourth-order valence-electron chi connectivity index (χ4n) is 0.760. The molecule has 1 heterocycles. The van der Waals surface area contributed by atoms with E-state index >= 15 is 0 Å². The van der Waals surface area contributed by atoms with Crippen molar-refractivity contribution in [2.45, 2.75) is 0 Å². The van der Waals surface area contributed by atoms with Crippen molar-refractivity contribution in [3.63, 3.8) is 0 Å². The van der Waals surface area contributed by atoms with Crippen LogP contribution in [0.3, 0.4) is 0 Å². The number of nitrogen functional groups attached to an aromatic ring is 1. The molecule has 0 radical (unpaired) electrons. The van der Waals surface area contributed by atoms with E-state index in [-0.39, 0.29) is 17.1 Å². The van der Waals surface area contributed by atoms with Crippen molar-refractivity contribution in [1.82, 2.24) is 4.98 Å². The van der Waals surface area contributed by atoms with Gasteiger partial charge in [0.1, 0.15) is 5.82 Å². The molecular formula is C6H7N3O2. The number of carbonyl (C=O) groups excluding carboxylic acids is 2. The Kier molecular flexibility index (Phi) is 1.63. The number of rotatable bonds is 2. The van der Waals surface area contributed by atoms with Gasteiger partial charge in [0.15, 0.2) is 6.29 Å². The monoisotopic (exact) mass is 153 g/mol. The van der Waals surface area contributed by atoms with Crippen LogP contribution < -0.4 is 11.5 Å². The summed E-state index contributed by atoms with van der Waals surface area (Å²) in [6, 6.07) is 1.31. The molecule has 1 rings (SSSR count). The summed E-state index contributed by atoms with van der Waals surface area (Å²) in [5, 5.41) is 0. The van der Waals surface area contributed by atoms with Gasteiger partial charge in [0, 0.05) is 0 Å². The zero-order valence-corrected chi connectivity index (χ0v) is 5.63. The van der Waals surface area contributed by atoms with Crippen LogP contribution in [0.25, 0.3) is 0 Å². The van der Waals surface area contributed by atoms with Gasteiger partial charge in [-0.3, -0.25) is 9.59 Å². The molecule has 1 amide bonds. The number of aldehydes is 1. The normalized spacial score (nSPS) is 9.45. The van der Waals surface area contributed by atoms with Gasteiger partial charge in [-0.15, -0.1) is 0 Å². The predicted octanol–water partition coefficient (Wildman–Crippen LogP) is -0.492. The van der Waals surface area contributed by atoms with E-state index in [1.165, 1.54) is 6.07 Å². The Morgan fingerprint density at radius 2 is 2.27 bits per heavy atom. The second-order valence-corrected chi connectivity index (χ2v) is 2.03. The van der Waals surface area contributed by atoms with Crippen molar-refractivity contribution in [3.8, 4) is 0 Å². The summed E-state index contributed by atoms with van der Waals surface area (Å²) in [6.45, 7) is 0. The fourth-order valence-corrected chi connectivity index (χ4v) is 0.760. The van der Waals surface area contributed by atoms with E-state index in [0.29, 0.717) is 6.29 Å². The lowest BCUT2D eigenvalue weighted by Gasteiger charge is -1.88. The highest BCUT2D eigenvalue weighted by Crippen LogP contribution is 2.09. The van der Waals surface area contributed by atoms with Crippen molar-refractivity contribution in [3.05, 3.63) is 17.3 Å². The molecule has 0 aliphatic carbocycles. The minimum atomic E-state index is -0.646. The molecule has 5 nitrogen and oxygen atoms in total. The van der Waals surface area contributed by atoms with E-state index in [1.54, 1.807) is 0 Å². The molecule has 0 spiro atoms. The maximum absolute atomic E-state index is 10.6. The van der Waals surface area contributed by atoms with Crippen LogP contribution >= 0.6 is 0 Å². The molecule has 0 bridgehead atoms. The van der Waals surface area contributed by atoms with Gasteiger partial charge in [-0.05, 0) is 6.07 Å². The summed E-state index contributed by atoms with van der Waals surface area (Å²) in [4.78, 5) is 23.2. The Hall–Kier alpha value is -1.78. The minimum Gasteiger partial charge on any atom is -0.385 e. The van der Waals surface area contributed by atoms with Crippen LogP contribution in [0.2, 0.25) is 0 Å².